The summed E-state index contributed by atoms with van der Waals surface area (Å²) < 4.78 is 13.9. The molecular formula is C21H29N5O3. The molecule has 0 radical (unpaired) electrons. The van der Waals surface area contributed by atoms with E-state index < -0.39 is 0 Å². The first-order valence-electron chi connectivity index (χ1n) is 10.2. The van der Waals surface area contributed by atoms with Crippen LogP contribution in [-0.4, -0.2) is 77.2 Å². The van der Waals surface area contributed by atoms with Crippen molar-refractivity contribution in [1.82, 2.24) is 24.7 Å². The number of benzene rings is 1. The molecule has 2 aromatic rings. The van der Waals surface area contributed by atoms with E-state index in [-0.39, 0.29) is 18.1 Å². The summed E-state index contributed by atoms with van der Waals surface area (Å²) in [7, 11) is 1.99. The quantitative estimate of drug-likeness (QED) is 0.783. The van der Waals surface area contributed by atoms with Crippen LogP contribution in [0.4, 0.5) is 0 Å². The first-order chi connectivity index (χ1) is 14.2. The molecule has 3 heterocycles. The van der Waals surface area contributed by atoms with Crippen LogP contribution >= 0.6 is 0 Å². The largest absolute Gasteiger partial charge is 0.486 e. The Balaban J connectivity index is 1.39. The molecule has 4 rings (SSSR count). The van der Waals surface area contributed by atoms with Crippen molar-refractivity contribution in [3.63, 3.8) is 0 Å². The summed E-state index contributed by atoms with van der Waals surface area (Å²) in [6.45, 7) is 6.46. The van der Waals surface area contributed by atoms with Crippen molar-refractivity contribution in [1.29, 1.82) is 0 Å². The van der Waals surface area contributed by atoms with E-state index >= 15 is 0 Å². The Morgan fingerprint density at radius 1 is 1.34 bits per heavy atom. The molecule has 8 nitrogen and oxygen atoms in total. The van der Waals surface area contributed by atoms with Gasteiger partial charge in [-0.25, -0.2) is 4.98 Å². The van der Waals surface area contributed by atoms with Crippen molar-refractivity contribution in [3.8, 4) is 11.5 Å². The Labute approximate surface area is 171 Å². The van der Waals surface area contributed by atoms with Crippen LogP contribution in [0.25, 0.3) is 0 Å². The average molecular weight is 399 g/mol. The van der Waals surface area contributed by atoms with Crippen LogP contribution in [0.15, 0.2) is 36.7 Å². The number of amides is 1. The number of nitrogens with zero attached hydrogens (tertiary/aromatic N) is 4. The highest BCUT2D eigenvalue weighted by Crippen LogP contribution is 2.31. The summed E-state index contributed by atoms with van der Waals surface area (Å²) >= 11 is 0. The van der Waals surface area contributed by atoms with E-state index in [1.807, 2.05) is 53.9 Å². The number of carbonyl (C=O) groups is 1. The molecule has 1 N–H and O–H groups in total. The number of para-hydroxylation sites is 2. The van der Waals surface area contributed by atoms with Crippen molar-refractivity contribution >= 4 is 5.91 Å². The number of carbonyl (C=O) groups excluding carboxylic acids is 1. The lowest BCUT2D eigenvalue weighted by atomic mass is 10.1. The van der Waals surface area contributed by atoms with E-state index in [2.05, 4.69) is 15.2 Å². The Morgan fingerprint density at radius 2 is 2.17 bits per heavy atom. The van der Waals surface area contributed by atoms with Crippen molar-refractivity contribution in [2.45, 2.75) is 19.1 Å². The molecule has 2 aliphatic rings. The molecule has 1 saturated heterocycles. The summed E-state index contributed by atoms with van der Waals surface area (Å²) in [5, 5.41) is 3.42. The molecule has 2 aliphatic heterocycles. The van der Waals surface area contributed by atoms with E-state index in [0.717, 1.165) is 37.0 Å². The van der Waals surface area contributed by atoms with E-state index in [1.54, 1.807) is 6.20 Å². The molecule has 0 spiro atoms. The number of aryl methyl sites for hydroxylation is 1. The fourth-order valence-corrected chi connectivity index (χ4v) is 3.97. The minimum absolute atomic E-state index is 0.0903. The molecule has 1 aromatic heterocycles. The molecule has 2 unspecified atom stereocenters. The number of imidazole rings is 1. The SMILES string of the molecule is CCN(CC1COc2ccccc2O1)C(=O)CN1CCNCC1c1nccn1C. The topological polar surface area (TPSA) is 71.9 Å². The van der Waals surface area contributed by atoms with E-state index in [9.17, 15) is 4.79 Å². The van der Waals surface area contributed by atoms with Gasteiger partial charge in [-0.2, -0.15) is 0 Å². The number of ether oxygens (including phenoxy) is 2. The number of fused-ring (bicyclic) bond motifs is 1. The van der Waals surface area contributed by atoms with Gasteiger partial charge in [0.25, 0.3) is 0 Å². The number of nitrogens with one attached hydrogen (secondary N) is 1. The molecule has 1 amide bonds. The maximum absolute atomic E-state index is 13.1. The fourth-order valence-electron chi connectivity index (χ4n) is 3.97. The van der Waals surface area contributed by atoms with Crippen LogP contribution in [0.5, 0.6) is 11.5 Å². The Bertz CT molecular complexity index is 839. The number of piperazine rings is 1. The molecule has 29 heavy (non-hydrogen) atoms. The van der Waals surface area contributed by atoms with E-state index in [1.165, 1.54) is 0 Å². The van der Waals surface area contributed by atoms with Crippen LogP contribution in [0, 0.1) is 0 Å². The Kier molecular flexibility index (Phi) is 6.01. The standard InChI is InChI=1S/C21H29N5O3/c1-3-25(13-16-15-28-18-6-4-5-7-19(18)29-16)20(27)14-26-11-8-22-12-17(26)21-23-9-10-24(21)2/h4-7,9-10,16-17,22H,3,8,11-15H2,1-2H3. The van der Waals surface area contributed by atoms with Gasteiger partial charge in [-0.3, -0.25) is 9.69 Å². The summed E-state index contributed by atoms with van der Waals surface area (Å²) in [4.78, 5) is 21.7. The molecule has 8 heteroatoms. The zero-order valence-corrected chi connectivity index (χ0v) is 17.1. The minimum Gasteiger partial charge on any atom is -0.486 e. The van der Waals surface area contributed by atoms with Crippen molar-refractivity contribution < 1.29 is 14.3 Å². The van der Waals surface area contributed by atoms with Crippen LogP contribution in [0.3, 0.4) is 0 Å². The third kappa shape index (κ3) is 4.38. The Morgan fingerprint density at radius 3 is 2.93 bits per heavy atom. The Hall–Kier alpha value is -2.58. The van der Waals surface area contributed by atoms with Gasteiger partial charge in [-0.1, -0.05) is 12.1 Å². The molecule has 156 valence electrons. The van der Waals surface area contributed by atoms with Gasteiger partial charge < -0.3 is 24.3 Å². The highest BCUT2D eigenvalue weighted by Gasteiger charge is 2.31. The predicted molar refractivity (Wildman–Crippen MR) is 109 cm³/mol. The van der Waals surface area contributed by atoms with Gasteiger partial charge in [0.15, 0.2) is 17.6 Å². The van der Waals surface area contributed by atoms with Gasteiger partial charge in [-0.05, 0) is 19.1 Å². The zero-order valence-electron chi connectivity index (χ0n) is 17.1. The van der Waals surface area contributed by atoms with Gasteiger partial charge in [0.1, 0.15) is 12.4 Å². The molecule has 0 aliphatic carbocycles. The molecule has 1 fully saturated rings. The monoisotopic (exact) mass is 399 g/mol. The molecular weight excluding hydrogens is 370 g/mol. The lowest BCUT2D eigenvalue weighted by Gasteiger charge is -2.37. The van der Waals surface area contributed by atoms with Gasteiger partial charge in [0.05, 0.1) is 19.1 Å². The highest BCUT2D eigenvalue weighted by molar-refractivity contribution is 5.78. The number of aromatic nitrogens is 2. The second-order valence-corrected chi connectivity index (χ2v) is 7.52. The number of hydrogen-bond acceptors (Lipinski definition) is 6. The van der Waals surface area contributed by atoms with Crippen molar-refractivity contribution in [2.75, 3.05) is 45.9 Å². The summed E-state index contributed by atoms with van der Waals surface area (Å²) in [6.07, 6.45) is 3.59. The van der Waals surface area contributed by atoms with Gasteiger partial charge >= 0.3 is 0 Å². The van der Waals surface area contributed by atoms with E-state index in [0.29, 0.717) is 26.2 Å². The second kappa shape index (κ2) is 8.84. The third-order valence-corrected chi connectivity index (χ3v) is 5.58. The highest BCUT2D eigenvalue weighted by atomic mass is 16.6. The minimum atomic E-state index is -0.165. The summed E-state index contributed by atoms with van der Waals surface area (Å²) in [6, 6.07) is 7.74. The molecule has 0 saturated carbocycles. The summed E-state index contributed by atoms with van der Waals surface area (Å²) in [5.41, 5.74) is 0. The molecule has 2 atom stereocenters. The lowest BCUT2D eigenvalue weighted by molar-refractivity contribution is -0.134. The van der Waals surface area contributed by atoms with Crippen LogP contribution < -0.4 is 14.8 Å². The van der Waals surface area contributed by atoms with Crippen molar-refractivity contribution in [2.24, 2.45) is 7.05 Å². The maximum Gasteiger partial charge on any atom is 0.236 e. The van der Waals surface area contributed by atoms with Crippen LogP contribution in [-0.2, 0) is 11.8 Å². The summed E-state index contributed by atoms with van der Waals surface area (Å²) in [5.74, 6) is 2.59. The zero-order chi connectivity index (χ0) is 20.2. The van der Waals surface area contributed by atoms with Gasteiger partial charge in [0.2, 0.25) is 5.91 Å². The van der Waals surface area contributed by atoms with Crippen molar-refractivity contribution in [3.05, 3.63) is 42.5 Å². The first kappa shape index (κ1) is 19.7. The number of rotatable bonds is 6. The van der Waals surface area contributed by atoms with Crippen LogP contribution in [0.2, 0.25) is 0 Å². The van der Waals surface area contributed by atoms with E-state index in [4.69, 9.17) is 9.47 Å². The predicted octanol–water partition coefficient (Wildman–Crippen LogP) is 1.05. The first-order valence-corrected chi connectivity index (χ1v) is 10.2. The molecule has 1 aromatic carbocycles. The number of hydrogen-bond donors (Lipinski definition) is 1. The van der Waals surface area contributed by atoms with Gasteiger partial charge in [-0.15, -0.1) is 0 Å². The van der Waals surface area contributed by atoms with Crippen LogP contribution in [0.1, 0.15) is 18.8 Å². The fraction of sp³-hybridized carbons (Fsp3) is 0.524. The normalized spacial score (nSPS) is 21.7. The maximum atomic E-state index is 13.1. The molecule has 0 bridgehead atoms. The number of likely N-dealkylation sites (N-methyl/N-ethyl adjacent to an activating group) is 1. The van der Waals surface area contributed by atoms with Gasteiger partial charge in [0, 0.05) is 45.6 Å². The lowest BCUT2D eigenvalue weighted by Crippen LogP contribution is -2.52. The smallest absolute Gasteiger partial charge is 0.236 e. The second-order valence-electron chi connectivity index (χ2n) is 7.52. The third-order valence-electron chi connectivity index (χ3n) is 5.58. The average Bonchev–Trinajstić information content (AvgIpc) is 3.18.